The van der Waals surface area contributed by atoms with Crippen LogP contribution in [0.5, 0.6) is 5.75 Å². The minimum Gasteiger partial charge on any atom is -0.494 e. The van der Waals surface area contributed by atoms with E-state index in [4.69, 9.17) is 9.72 Å². The van der Waals surface area contributed by atoms with Gasteiger partial charge in [-0.25, -0.2) is 0 Å². The molecular weight excluding hydrogens is 438 g/mol. The predicted molar refractivity (Wildman–Crippen MR) is 156 cm³/mol. The first-order valence-corrected chi connectivity index (χ1v) is 15.5. The van der Waals surface area contributed by atoms with Gasteiger partial charge in [-0.1, -0.05) is 110 Å². The number of ether oxygens (including phenoxy) is 1. The van der Waals surface area contributed by atoms with E-state index in [-0.39, 0.29) is 0 Å². The van der Waals surface area contributed by atoms with Crippen LogP contribution in [0, 0.1) is 11.8 Å². The molecule has 0 spiro atoms. The lowest BCUT2D eigenvalue weighted by Crippen LogP contribution is -2.15. The van der Waals surface area contributed by atoms with Crippen molar-refractivity contribution in [1.82, 2.24) is 4.98 Å². The zero-order valence-electron chi connectivity index (χ0n) is 23.5. The van der Waals surface area contributed by atoms with Crippen LogP contribution in [0.2, 0.25) is 0 Å². The Kier molecular flexibility index (Phi) is 14.0. The summed E-state index contributed by atoms with van der Waals surface area (Å²) in [6.07, 6.45) is 26.8. The van der Waals surface area contributed by atoms with Crippen LogP contribution >= 0.6 is 0 Å². The Bertz CT molecular complexity index is 789. The third-order valence-electron chi connectivity index (χ3n) is 8.25. The Hall–Kier alpha value is -1.83. The number of rotatable bonds is 18. The summed E-state index contributed by atoms with van der Waals surface area (Å²) in [5, 5.41) is 0. The van der Waals surface area contributed by atoms with E-state index in [1.165, 1.54) is 120 Å². The van der Waals surface area contributed by atoms with Crippen LogP contribution in [0.3, 0.4) is 0 Å². The number of aromatic nitrogens is 1. The number of aryl methyl sites for hydroxylation is 1. The number of nitrogens with zero attached hydrogens (tertiary/aromatic N) is 1. The number of pyridine rings is 1. The van der Waals surface area contributed by atoms with Gasteiger partial charge in [0.15, 0.2) is 0 Å². The summed E-state index contributed by atoms with van der Waals surface area (Å²) in [5.41, 5.74) is 3.57. The van der Waals surface area contributed by atoms with Gasteiger partial charge in [0.05, 0.1) is 12.3 Å². The average Bonchev–Trinajstić information content (AvgIpc) is 2.92. The smallest absolute Gasteiger partial charge is 0.119 e. The topological polar surface area (TPSA) is 22.1 Å². The van der Waals surface area contributed by atoms with Gasteiger partial charge in [-0.15, -0.1) is 0 Å². The summed E-state index contributed by atoms with van der Waals surface area (Å²) in [6, 6.07) is 12.9. The fourth-order valence-electron chi connectivity index (χ4n) is 5.81. The van der Waals surface area contributed by atoms with Gasteiger partial charge in [0.25, 0.3) is 0 Å². The van der Waals surface area contributed by atoms with Crippen LogP contribution < -0.4 is 4.74 Å². The molecule has 200 valence electrons. The summed E-state index contributed by atoms with van der Waals surface area (Å²) < 4.78 is 6.07. The zero-order valence-corrected chi connectivity index (χ0v) is 23.5. The molecule has 0 bridgehead atoms. The number of hydrogen-bond donors (Lipinski definition) is 0. The lowest BCUT2D eigenvalue weighted by Gasteiger charge is -2.28. The maximum Gasteiger partial charge on any atom is 0.119 e. The van der Waals surface area contributed by atoms with Crippen LogP contribution in [-0.2, 0) is 6.42 Å². The number of unbranched alkanes of at least 4 members (excludes halogenated alkanes) is 8. The third-order valence-corrected chi connectivity index (χ3v) is 8.25. The second-order valence-electron chi connectivity index (χ2n) is 11.3. The van der Waals surface area contributed by atoms with Crippen molar-refractivity contribution in [3.8, 4) is 17.0 Å². The minimum absolute atomic E-state index is 0.835. The van der Waals surface area contributed by atoms with Gasteiger partial charge in [-0.3, -0.25) is 4.98 Å². The molecule has 0 atom stereocenters. The maximum absolute atomic E-state index is 6.07. The molecule has 36 heavy (non-hydrogen) atoms. The van der Waals surface area contributed by atoms with Gasteiger partial charge in [0.2, 0.25) is 0 Å². The molecule has 1 aromatic carbocycles. The molecule has 2 heteroatoms. The van der Waals surface area contributed by atoms with E-state index >= 15 is 0 Å². The quantitative estimate of drug-likeness (QED) is 0.193. The SMILES string of the molecule is CCCCCCCc1ccc(-c2ccc(OCCCC3CCC(CCCCCCC)CC3)cc2)nc1. The third kappa shape index (κ3) is 11.1. The highest BCUT2D eigenvalue weighted by atomic mass is 16.5. The van der Waals surface area contributed by atoms with Crippen molar-refractivity contribution in [2.45, 2.75) is 129 Å². The van der Waals surface area contributed by atoms with Gasteiger partial charge in [0.1, 0.15) is 5.75 Å². The zero-order chi connectivity index (χ0) is 25.3. The molecule has 0 amide bonds. The summed E-state index contributed by atoms with van der Waals surface area (Å²) in [7, 11) is 0. The van der Waals surface area contributed by atoms with Crippen LogP contribution in [0.15, 0.2) is 42.6 Å². The van der Waals surface area contributed by atoms with Gasteiger partial charge in [0, 0.05) is 11.8 Å². The van der Waals surface area contributed by atoms with Crippen LogP contribution in [-0.4, -0.2) is 11.6 Å². The summed E-state index contributed by atoms with van der Waals surface area (Å²) in [5.74, 6) is 2.92. The maximum atomic E-state index is 6.07. The van der Waals surface area contributed by atoms with Gasteiger partial charge >= 0.3 is 0 Å². The molecule has 1 saturated carbocycles. The molecule has 1 fully saturated rings. The predicted octanol–water partition coefficient (Wildman–Crippen LogP) is 10.6. The van der Waals surface area contributed by atoms with E-state index in [2.05, 4.69) is 56.4 Å². The minimum atomic E-state index is 0.835. The van der Waals surface area contributed by atoms with E-state index in [1.807, 2.05) is 0 Å². The normalized spacial score (nSPS) is 17.8. The molecule has 1 aliphatic rings. The Morgan fingerprint density at radius 1 is 0.667 bits per heavy atom. The highest BCUT2D eigenvalue weighted by Crippen LogP contribution is 2.34. The first-order chi connectivity index (χ1) is 17.8. The lowest BCUT2D eigenvalue weighted by atomic mass is 9.78. The van der Waals surface area contributed by atoms with Crippen LogP contribution in [0.25, 0.3) is 11.3 Å². The van der Waals surface area contributed by atoms with Crippen molar-refractivity contribution in [2.24, 2.45) is 11.8 Å². The molecule has 0 unspecified atom stereocenters. The fourth-order valence-corrected chi connectivity index (χ4v) is 5.81. The molecular formula is C34H53NO. The summed E-state index contributed by atoms with van der Waals surface area (Å²) in [6.45, 7) is 5.41. The van der Waals surface area contributed by atoms with Crippen molar-refractivity contribution in [2.75, 3.05) is 6.61 Å². The molecule has 1 aromatic heterocycles. The Labute approximate surface area is 222 Å². The molecule has 3 rings (SSSR count). The molecule has 0 aliphatic heterocycles. The average molecular weight is 492 g/mol. The van der Waals surface area contributed by atoms with Crippen molar-refractivity contribution >= 4 is 0 Å². The number of hydrogen-bond acceptors (Lipinski definition) is 2. The second-order valence-corrected chi connectivity index (χ2v) is 11.3. The van der Waals surface area contributed by atoms with Crippen molar-refractivity contribution < 1.29 is 4.74 Å². The monoisotopic (exact) mass is 491 g/mol. The lowest BCUT2D eigenvalue weighted by molar-refractivity contribution is 0.228. The van der Waals surface area contributed by atoms with Crippen molar-refractivity contribution in [3.05, 3.63) is 48.2 Å². The molecule has 2 aromatic rings. The first-order valence-electron chi connectivity index (χ1n) is 15.5. The highest BCUT2D eigenvalue weighted by Gasteiger charge is 2.20. The summed E-state index contributed by atoms with van der Waals surface area (Å²) >= 11 is 0. The van der Waals surface area contributed by atoms with Gasteiger partial charge in [-0.2, -0.15) is 0 Å². The Morgan fingerprint density at radius 3 is 1.89 bits per heavy atom. The number of benzene rings is 1. The largest absolute Gasteiger partial charge is 0.494 e. The second kappa shape index (κ2) is 17.6. The van der Waals surface area contributed by atoms with Crippen LogP contribution in [0.4, 0.5) is 0 Å². The highest BCUT2D eigenvalue weighted by molar-refractivity contribution is 5.60. The molecule has 2 nitrogen and oxygen atoms in total. The van der Waals surface area contributed by atoms with E-state index in [0.717, 1.165) is 36.3 Å². The van der Waals surface area contributed by atoms with E-state index < -0.39 is 0 Å². The molecule has 0 N–H and O–H groups in total. The molecule has 1 heterocycles. The molecule has 0 saturated heterocycles. The Morgan fingerprint density at radius 2 is 1.28 bits per heavy atom. The van der Waals surface area contributed by atoms with Gasteiger partial charge in [-0.05, 0) is 73.4 Å². The standard InChI is InChI=1S/C34H53NO/c1-3-5-7-9-11-14-29-17-19-30(20-18-29)16-13-27-36-33-24-22-32(23-25-33)34-26-21-31(28-35-34)15-12-10-8-6-4-2/h21-26,28-30H,3-20,27H2,1-2H3. The van der Waals surface area contributed by atoms with Gasteiger partial charge < -0.3 is 4.74 Å². The van der Waals surface area contributed by atoms with E-state index in [0.29, 0.717) is 0 Å². The summed E-state index contributed by atoms with van der Waals surface area (Å²) in [4.78, 5) is 4.71. The Balaban J connectivity index is 1.27. The van der Waals surface area contributed by atoms with Crippen LogP contribution in [0.1, 0.15) is 129 Å². The van der Waals surface area contributed by atoms with Crippen molar-refractivity contribution in [1.29, 1.82) is 0 Å². The van der Waals surface area contributed by atoms with E-state index in [9.17, 15) is 0 Å². The van der Waals surface area contributed by atoms with E-state index in [1.54, 1.807) is 0 Å². The molecule has 0 radical (unpaired) electrons. The first kappa shape index (κ1) is 28.7. The molecule has 1 aliphatic carbocycles. The fraction of sp³-hybridized carbons (Fsp3) is 0.676. The van der Waals surface area contributed by atoms with Crippen molar-refractivity contribution in [3.63, 3.8) is 0 Å².